The van der Waals surface area contributed by atoms with Gasteiger partial charge in [-0.05, 0) is 94.3 Å². The van der Waals surface area contributed by atoms with E-state index < -0.39 is 0 Å². The van der Waals surface area contributed by atoms with E-state index in [0.29, 0.717) is 5.54 Å². The van der Waals surface area contributed by atoms with Gasteiger partial charge >= 0.3 is 0 Å². The summed E-state index contributed by atoms with van der Waals surface area (Å²) in [6, 6.07) is 10.7. The standard InChI is InChI=1S/C21H30N2S/c1-20(2,11-15-6-4-3-5-7-15)22-19(24)23-21-12-16-8-17(13-21)10-18(9-16)14-21/h3-7,16-18H,8-14H2,1-2H3,(H2,22,23,24). The molecule has 0 radical (unpaired) electrons. The fourth-order valence-corrected chi connectivity index (χ4v) is 6.49. The van der Waals surface area contributed by atoms with Crippen LogP contribution < -0.4 is 10.6 Å². The van der Waals surface area contributed by atoms with Crippen LogP contribution in [0.15, 0.2) is 30.3 Å². The number of nitrogens with one attached hydrogen (secondary N) is 2. The Bertz CT molecular complexity index is 572. The first kappa shape index (κ1) is 16.4. The molecule has 2 nitrogen and oxygen atoms in total. The topological polar surface area (TPSA) is 24.1 Å². The first-order valence-electron chi connectivity index (χ1n) is 9.56. The first-order chi connectivity index (χ1) is 11.4. The minimum atomic E-state index is -0.0340. The molecule has 0 heterocycles. The smallest absolute Gasteiger partial charge is 0.167 e. The number of thiocarbonyl (C=S) groups is 1. The molecular formula is C21H30N2S. The highest BCUT2D eigenvalue weighted by Crippen LogP contribution is 2.55. The average molecular weight is 343 g/mol. The van der Waals surface area contributed by atoms with E-state index in [1.807, 2.05) is 0 Å². The summed E-state index contributed by atoms with van der Waals surface area (Å²) in [5.41, 5.74) is 1.61. The molecule has 0 aromatic heterocycles. The zero-order chi connectivity index (χ0) is 16.8. The van der Waals surface area contributed by atoms with Gasteiger partial charge in [0.1, 0.15) is 0 Å². The van der Waals surface area contributed by atoms with E-state index in [1.54, 1.807) is 0 Å². The summed E-state index contributed by atoms with van der Waals surface area (Å²) in [6.45, 7) is 4.49. The lowest BCUT2D eigenvalue weighted by atomic mass is 9.53. The molecule has 0 aliphatic heterocycles. The molecule has 130 valence electrons. The molecule has 0 unspecified atom stereocenters. The van der Waals surface area contributed by atoms with Crippen LogP contribution in [-0.2, 0) is 6.42 Å². The van der Waals surface area contributed by atoms with Gasteiger partial charge in [-0.25, -0.2) is 0 Å². The van der Waals surface area contributed by atoms with Gasteiger partial charge in [-0.3, -0.25) is 0 Å². The van der Waals surface area contributed by atoms with Crippen molar-refractivity contribution >= 4 is 17.3 Å². The first-order valence-corrected chi connectivity index (χ1v) is 9.97. The molecule has 0 saturated heterocycles. The maximum absolute atomic E-state index is 5.73. The Labute approximate surface area is 151 Å². The molecule has 24 heavy (non-hydrogen) atoms. The lowest BCUT2D eigenvalue weighted by molar-refractivity contribution is -0.0103. The molecule has 1 aromatic rings. The number of hydrogen-bond donors (Lipinski definition) is 2. The SMILES string of the molecule is CC(C)(Cc1ccccc1)NC(=S)NC12CC3CC(CC(C3)C1)C2. The van der Waals surface area contributed by atoms with Gasteiger partial charge in [-0.1, -0.05) is 30.3 Å². The fraction of sp³-hybridized carbons (Fsp3) is 0.667. The van der Waals surface area contributed by atoms with E-state index >= 15 is 0 Å². The van der Waals surface area contributed by atoms with Crippen molar-refractivity contribution in [1.82, 2.24) is 10.6 Å². The molecule has 0 amide bonds. The average Bonchev–Trinajstić information content (AvgIpc) is 2.44. The predicted molar refractivity (Wildman–Crippen MR) is 104 cm³/mol. The van der Waals surface area contributed by atoms with Gasteiger partial charge in [0.05, 0.1) is 0 Å². The van der Waals surface area contributed by atoms with Crippen molar-refractivity contribution < 1.29 is 0 Å². The summed E-state index contributed by atoms with van der Waals surface area (Å²) >= 11 is 5.73. The predicted octanol–water partition coefficient (Wildman–Crippen LogP) is 4.44. The lowest BCUT2D eigenvalue weighted by Crippen LogP contribution is -2.63. The van der Waals surface area contributed by atoms with Gasteiger partial charge in [0.2, 0.25) is 0 Å². The van der Waals surface area contributed by atoms with Crippen LogP contribution in [0.2, 0.25) is 0 Å². The van der Waals surface area contributed by atoms with Crippen LogP contribution >= 0.6 is 12.2 Å². The molecule has 4 aliphatic carbocycles. The Hall–Kier alpha value is -1.09. The Morgan fingerprint density at radius 3 is 2.12 bits per heavy atom. The van der Waals surface area contributed by atoms with Gasteiger partial charge in [0.15, 0.2) is 5.11 Å². The normalized spacial score (nSPS) is 34.2. The van der Waals surface area contributed by atoms with Crippen LogP contribution in [0.1, 0.15) is 57.9 Å². The summed E-state index contributed by atoms with van der Waals surface area (Å²) in [5.74, 6) is 2.84. The van der Waals surface area contributed by atoms with E-state index in [9.17, 15) is 0 Å². The minimum absolute atomic E-state index is 0.0340. The Balaban J connectivity index is 1.38. The molecule has 4 bridgehead atoms. The minimum Gasteiger partial charge on any atom is -0.358 e. The van der Waals surface area contributed by atoms with Crippen LogP contribution in [0.25, 0.3) is 0 Å². The van der Waals surface area contributed by atoms with Crippen LogP contribution in [-0.4, -0.2) is 16.2 Å². The van der Waals surface area contributed by atoms with Gasteiger partial charge < -0.3 is 10.6 Å². The van der Waals surface area contributed by atoms with Crippen LogP contribution in [0.3, 0.4) is 0 Å². The second-order valence-electron chi connectivity index (χ2n) is 9.32. The quantitative estimate of drug-likeness (QED) is 0.791. The summed E-state index contributed by atoms with van der Waals surface area (Å²) < 4.78 is 0. The van der Waals surface area contributed by atoms with Crippen molar-refractivity contribution in [1.29, 1.82) is 0 Å². The second kappa shape index (κ2) is 6.01. The Morgan fingerprint density at radius 1 is 1.04 bits per heavy atom. The molecule has 4 fully saturated rings. The lowest BCUT2D eigenvalue weighted by Gasteiger charge is -2.57. The van der Waals surface area contributed by atoms with Crippen molar-refractivity contribution in [3.05, 3.63) is 35.9 Å². The molecule has 5 rings (SSSR count). The zero-order valence-corrected chi connectivity index (χ0v) is 15.8. The van der Waals surface area contributed by atoms with Crippen LogP contribution in [0.4, 0.5) is 0 Å². The Morgan fingerprint density at radius 2 is 1.58 bits per heavy atom. The highest BCUT2D eigenvalue weighted by atomic mass is 32.1. The molecule has 4 aliphatic rings. The molecule has 2 N–H and O–H groups in total. The molecule has 4 saturated carbocycles. The molecule has 0 atom stereocenters. The van der Waals surface area contributed by atoms with Crippen LogP contribution in [0, 0.1) is 17.8 Å². The zero-order valence-electron chi connectivity index (χ0n) is 15.0. The molecular weight excluding hydrogens is 312 g/mol. The van der Waals surface area contributed by atoms with Gasteiger partial charge in [-0.15, -0.1) is 0 Å². The van der Waals surface area contributed by atoms with E-state index in [0.717, 1.165) is 29.3 Å². The Kier molecular flexibility index (Phi) is 4.11. The van der Waals surface area contributed by atoms with Gasteiger partial charge in [0.25, 0.3) is 0 Å². The second-order valence-corrected chi connectivity index (χ2v) is 9.73. The number of benzene rings is 1. The van der Waals surface area contributed by atoms with E-state index in [4.69, 9.17) is 12.2 Å². The number of hydrogen-bond acceptors (Lipinski definition) is 1. The molecule has 3 heteroatoms. The van der Waals surface area contributed by atoms with Gasteiger partial charge in [0, 0.05) is 11.1 Å². The summed E-state index contributed by atoms with van der Waals surface area (Å²) in [6.07, 6.45) is 9.40. The largest absolute Gasteiger partial charge is 0.358 e. The summed E-state index contributed by atoms with van der Waals surface area (Å²) in [4.78, 5) is 0. The summed E-state index contributed by atoms with van der Waals surface area (Å²) in [7, 11) is 0. The van der Waals surface area contributed by atoms with Crippen molar-refractivity contribution in [2.24, 2.45) is 17.8 Å². The van der Waals surface area contributed by atoms with Gasteiger partial charge in [-0.2, -0.15) is 0 Å². The van der Waals surface area contributed by atoms with Crippen molar-refractivity contribution in [3.63, 3.8) is 0 Å². The highest BCUT2D eigenvalue weighted by molar-refractivity contribution is 7.80. The van der Waals surface area contributed by atoms with Crippen molar-refractivity contribution in [3.8, 4) is 0 Å². The third kappa shape index (κ3) is 3.46. The maximum Gasteiger partial charge on any atom is 0.167 e. The molecule has 0 spiro atoms. The monoisotopic (exact) mass is 342 g/mol. The van der Waals surface area contributed by atoms with Crippen molar-refractivity contribution in [2.45, 2.75) is 69.9 Å². The van der Waals surface area contributed by atoms with E-state index in [1.165, 1.54) is 44.1 Å². The fourth-order valence-electron chi connectivity index (χ4n) is 5.99. The van der Waals surface area contributed by atoms with E-state index in [-0.39, 0.29) is 5.54 Å². The third-order valence-corrected chi connectivity index (χ3v) is 6.56. The number of rotatable bonds is 4. The summed E-state index contributed by atoms with van der Waals surface area (Å²) in [5, 5.41) is 8.25. The van der Waals surface area contributed by atoms with Crippen molar-refractivity contribution in [2.75, 3.05) is 0 Å². The highest BCUT2D eigenvalue weighted by Gasteiger charge is 2.51. The third-order valence-electron chi connectivity index (χ3n) is 6.36. The molecule has 1 aromatic carbocycles. The maximum atomic E-state index is 5.73. The van der Waals surface area contributed by atoms with Crippen LogP contribution in [0.5, 0.6) is 0 Å². The van der Waals surface area contributed by atoms with E-state index in [2.05, 4.69) is 54.8 Å².